The lowest BCUT2D eigenvalue weighted by molar-refractivity contribution is 0.0755. The Balaban J connectivity index is 1.62. The molecule has 1 aliphatic carbocycles. The number of amides is 1. The summed E-state index contributed by atoms with van der Waals surface area (Å²) in [5, 5.41) is 4.67. The summed E-state index contributed by atoms with van der Waals surface area (Å²) in [6.07, 6.45) is 13.1. The molecular formula is C22H32N4O. The normalized spacial score (nSPS) is 18.9. The Morgan fingerprint density at radius 3 is 2.52 bits per heavy atom. The zero-order valence-electron chi connectivity index (χ0n) is 16.6. The van der Waals surface area contributed by atoms with Crippen molar-refractivity contribution >= 4 is 11.6 Å². The largest absolute Gasteiger partial charge is 0.337 e. The fourth-order valence-corrected chi connectivity index (χ4v) is 4.68. The molecule has 5 nitrogen and oxygen atoms in total. The van der Waals surface area contributed by atoms with E-state index in [1.807, 2.05) is 15.5 Å². The van der Waals surface area contributed by atoms with Gasteiger partial charge in [0.25, 0.3) is 5.91 Å². The van der Waals surface area contributed by atoms with Gasteiger partial charge in [-0.3, -0.25) is 4.79 Å². The van der Waals surface area contributed by atoms with E-state index in [1.165, 1.54) is 49.9 Å². The van der Waals surface area contributed by atoms with Crippen LogP contribution < -0.4 is 0 Å². The first-order valence-corrected chi connectivity index (χ1v) is 10.9. The van der Waals surface area contributed by atoms with Crippen LogP contribution in [-0.4, -0.2) is 38.5 Å². The molecule has 0 spiro atoms. The average molecular weight is 369 g/mol. The summed E-state index contributed by atoms with van der Waals surface area (Å²) in [5.74, 6) is 0.845. The molecule has 0 radical (unpaired) electrons. The van der Waals surface area contributed by atoms with E-state index in [2.05, 4.69) is 18.1 Å². The van der Waals surface area contributed by atoms with Crippen LogP contribution in [0.15, 0.2) is 12.1 Å². The van der Waals surface area contributed by atoms with Gasteiger partial charge in [-0.05, 0) is 37.7 Å². The van der Waals surface area contributed by atoms with E-state index in [9.17, 15) is 4.79 Å². The molecule has 27 heavy (non-hydrogen) atoms. The van der Waals surface area contributed by atoms with Crippen molar-refractivity contribution in [3.8, 4) is 0 Å². The highest BCUT2D eigenvalue weighted by molar-refractivity contribution is 5.93. The molecule has 3 heterocycles. The van der Waals surface area contributed by atoms with Crippen LogP contribution in [0, 0.1) is 5.92 Å². The van der Waals surface area contributed by atoms with E-state index in [4.69, 9.17) is 4.98 Å². The Hall–Kier alpha value is -1.91. The van der Waals surface area contributed by atoms with Crippen molar-refractivity contribution in [1.82, 2.24) is 19.5 Å². The monoisotopic (exact) mass is 368 g/mol. The van der Waals surface area contributed by atoms with E-state index in [-0.39, 0.29) is 5.91 Å². The summed E-state index contributed by atoms with van der Waals surface area (Å²) in [7, 11) is 0. The number of nitrogens with zero attached hydrogens (tertiary/aromatic N) is 4. The van der Waals surface area contributed by atoms with Gasteiger partial charge in [0.05, 0.1) is 0 Å². The number of carbonyl (C=O) groups excluding carboxylic acids is 1. The highest BCUT2D eigenvalue weighted by atomic mass is 16.2. The van der Waals surface area contributed by atoms with Gasteiger partial charge in [0.2, 0.25) is 0 Å². The van der Waals surface area contributed by atoms with Crippen molar-refractivity contribution in [2.24, 2.45) is 5.92 Å². The Kier molecular flexibility index (Phi) is 5.74. The van der Waals surface area contributed by atoms with Crippen molar-refractivity contribution in [3.63, 3.8) is 0 Å². The van der Waals surface area contributed by atoms with E-state index < -0.39 is 0 Å². The van der Waals surface area contributed by atoms with Crippen molar-refractivity contribution in [2.45, 2.75) is 77.6 Å². The minimum atomic E-state index is 0.0715. The maximum absolute atomic E-state index is 13.0. The third-order valence-electron chi connectivity index (χ3n) is 6.15. The van der Waals surface area contributed by atoms with E-state index >= 15 is 0 Å². The number of rotatable bonds is 5. The first-order chi connectivity index (χ1) is 13.2. The second-order valence-electron chi connectivity index (χ2n) is 8.35. The van der Waals surface area contributed by atoms with Crippen molar-refractivity contribution < 1.29 is 4.79 Å². The molecule has 0 N–H and O–H groups in total. The molecule has 2 fully saturated rings. The zero-order chi connectivity index (χ0) is 18.6. The fraction of sp³-hybridized carbons (Fsp3) is 0.682. The molecule has 146 valence electrons. The molecule has 4 rings (SSSR count). The number of fused-ring (bicyclic) bond motifs is 1. The van der Waals surface area contributed by atoms with Gasteiger partial charge in [-0.15, -0.1) is 0 Å². The first kappa shape index (κ1) is 18.5. The predicted octanol–water partition coefficient (Wildman–Crippen LogP) is 4.43. The van der Waals surface area contributed by atoms with Gasteiger partial charge in [-0.2, -0.15) is 5.10 Å². The van der Waals surface area contributed by atoms with Crippen molar-refractivity contribution in [2.75, 3.05) is 13.1 Å². The summed E-state index contributed by atoms with van der Waals surface area (Å²) in [5.41, 5.74) is 3.75. The SMILES string of the molecule is CCCc1cc(CC2CCCC2)nc2cc(C(=O)N3CCCCCC3)nn12. The molecule has 1 amide bonds. The van der Waals surface area contributed by atoms with Gasteiger partial charge in [-0.25, -0.2) is 9.50 Å². The highest BCUT2D eigenvalue weighted by Crippen LogP contribution is 2.28. The summed E-state index contributed by atoms with van der Waals surface area (Å²) in [4.78, 5) is 19.8. The Morgan fingerprint density at radius 2 is 1.81 bits per heavy atom. The standard InChI is InChI=1S/C22H32N4O/c1-2-9-19-15-18(14-17-10-5-6-11-17)23-21-16-20(24-26(19)21)22(27)25-12-7-3-4-8-13-25/h15-17H,2-14H2,1H3. The summed E-state index contributed by atoms with van der Waals surface area (Å²) >= 11 is 0. The van der Waals surface area contributed by atoms with Crippen LogP contribution in [-0.2, 0) is 12.8 Å². The number of aromatic nitrogens is 3. The Bertz CT molecular complexity index is 783. The number of carbonyl (C=O) groups is 1. The van der Waals surface area contributed by atoms with E-state index in [0.29, 0.717) is 5.69 Å². The number of aryl methyl sites for hydroxylation is 1. The highest BCUT2D eigenvalue weighted by Gasteiger charge is 2.22. The summed E-state index contributed by atoms with van der Waals surface area (Å²) < 4.78 is 1.91. The Labute approximate surface area is 162 Å². The van der Waals surface area contributed by atoms with Crippen LogP contribution in [0.3, 0.4) is 0 Å². The number of hydrogen-bond donors (Lipinski definition) is 0. The average Bonchev–Trinajstić information content (AvgIpc) is 3.24. The molecule has 0 aromatic carbocycles. The molecule has 2 aromatic rings. The molecule has 0 atom stereocenters. The van der Waals surface area contributed by atoms with Crippen LogP contribution in [0.5, 0.6) is 0 Å². The van der Waals surface area contributed by atoms with Crippen LogP contribution in [0.25, 0.3) is 5.65 Å². The van der Waals surface area contributed by atoms with Gasteiger partial charge < -0.3 is 4.90 Å². The van der Waals surface area contributed by atoms with Gasteiger partial charge in [0, 0.05) is 30.5 Å². The van der Waals surface area contributed by atoms with Gasteiger partial charge in [-0.1, -0.05) is 51.9 Å². The molecule has 1 saturated carbocycles. The molecule has 1 saturated heterocycles. The van der Waals surface area contributed by atoms with Gasteiger partial charge in [0.15, 0.2) is 11.3 Å². The quantitative estimate of drug-likeness (QED) is 0.784. The summed E-state index contributed by atoms with van der Waals surface area (Å²) in [6, 6.07) is 4.13. The minimum absolute atomic E-state index is 0.0715. The maximum atomic E-state index is 13.0. The van der Waals surface area contributed by atoms with Crippen LogP contribution in [0.1, 0.15) is 86.6 Å². The van der Waals surface area contributed by atoms with Gasteiger partial charge in [0.1, 0.15) is 0 Å². The zero-order valence-corrected chi connectivity index (χ0v) is 16.6. The molecule has 5 heteroatoms. The lowest BCUT2D eigenvalue weighted by Crippen LogP contribution is -2.32. The van der Waals surface area contributed by atoms with Gasteiger partial charge >= 0.3 is 0 Å². The van der Waals surface area contributed by atoms with Crippen LogP contribution in [0.2, 0.25) is 0 Å². The second kappa shape index (κ2) is 8.41. The predicted molar refractivity (Wildman–Crippen MR) is 107 cm³/mol. The number of likely N-dealkylation sites (tertiary alicyclic amines) is 1. The van der Waals surface area contributed by atoms with E-state index in [0.717, 1.165) is 56.8 Å². The Morgan fingerprint density at radius 1 is 1.07 bits per heavy atom. The maximum Gasteiger partial charge on any atom is 0.274 e. The molecular weight excluding hydrogens is 336 g/mol. The summed E-state index contributed by atoms with van der Waals surface area (Å²) in [6.45, 7) is 3.90. The van der Waals surface area contributed by atoms with Crippen LogP contribution in [0.4, 0.5) is 0 Å². The van der Waals surface area contributed by atoms with Crippen LogP contribution >= 0.6 is 0 Å². The minimum Gasteiger partial charge on any atom is -0.337 e. The van der Waals surface area contributed by atoms with E-state index in [1.54, 1.807) is 0 Å². The second-order valence-corrected chi connectivity index (χ2v) is 8.35. The smallest absolute Gasteiger partial charge is 0.274 e. The third kappa shape index (κ3) is 4.17. The molecule has 2 aliphatic rings. The lowest BCUT2D eigenvalue weighted by atomic mass is 10.0. The molecule has 2 aromatic heterocycles. The molecule has 0 unspecified atom stereocenters. The number of hydrogen-bond acceptors (Lipinski definition) is 3. The topological polar surface area (TPSA) is 50.5 Å². The van der Waals surface area contributed by atoms with Crippen molar-refractivity contribution in [1.29, 1.82) is 0 Å². The molecule has 1 aliphatic heterocycles. The third-order valence-corrected chi connectivity index (χ3v) is 6.15. The first-order valence-electron chi connectivity index (χ1n) is 10.9. The fourth-order valence-electron chi connectivity index (χ4n) is 4.68. The van der Waals surface area contributed by atoms with Crippen molar-refractivity contribution in [3.05, 3.63) is 29.2 Å². The molecule has 0 bridgehead atoms. The lowest BCUT2D eigenvalue weighted by Gasteiger charge is -2.18.